The van der Waals surface area contributed by atoms with Crippen LogP contribution in [0.25, 0.3) is 0 Å². The molecule has 0 spiro atoms. The molecule has 0 atom stereocenters. The van der Waals surface area contributed by atoms with E-state index in [0.717, 1.165) is 23.4 Å². The highest BCUT2D eigenvalue weighted by Crippen LogP contribution is 2.37. The van der Waals surface area contributed by atoms with E-state index >= 15 is 0 Å². The molecule has 3 heteroatoms. The lowest BCUT2D eigenvalue weighted by Crippen LogP contribution is -2.35. The Morgan fingerprint density at radius 2 is 1.89 bits per heavy atom. The topological polar surface area (TPSA) is 29.1 Å². The molecule has 18 heavy (non-hydrogen) atoms. The van der Waals surface area contributed by atoms with Crippen LogP contribution in [-0.2, 0) is 4.79 Å². The predicted octanol–water partition coefficient (Wildman–Crippen LogP) is 4.32. The number of rotatable bonds is 3. The van der Waals surface area contributed by atoms with Crippen LogP contribution in [0.1, 0.15) is 39.0 Å². The third kappa shape index (κ3) is 2.89. The molecule has 1 fully saturated rings. The zero-order valence-corrected chi connectivity index (χ0v) is 12.0. The van der Waals surface area contributed by atoms with Gasteiger partial charge in [-0.1, -0.05) is 38.3 Å². The van der Waals surface area contributed by atoms with E-state index in [4.69, 9.17) is 0 Å². The number of hydrogen-bond acceptors (Lipinski definition) is 2. The monoisotopic (exact) mass is 263 g/mol. The van der Waals surface area contributed by atoms with Gasteiger partial charge in [0.1, 0.15) is 0 Å². The number of benzene rings is 1. The Labute approximate surface area is 114 Å². The summed E-state index contributed by atoms with van der Waals surface area (Å²) in [6, 6.07) is 8.00. The molecule has 1 aromatic rings. The molecule has 0 heterocycles. The van der Waals surface area contributed by atoms with Crippen LogP contribution in [0.15, 0.2) is 29.2 Å². The van der Waals surface area contributed by atoms with Crippen LogP contribution in [-0.4, -0.2) is 12.2 Å². The van der Waals surface area contributed by atoms with Gasteiger partial charge in [-0.25, -0.2) is 0 Å². The Hall–Kier alpha value is -0.960. The number of thioether (sulfide) groups is 1. The van der Waals surface area contributed by atoms with Gasteiger partial charge < -0.3 is 5.32 Å². The molecule has 0 bridgehead atoms. The molecule has 1 aliphatic rings. The summed E-state index contributed by atoms with van der Waals surface area (Å²) < 4.78 is 0. The van der Waals surface area contributed by atoms with E-state index < -0.39 is 0 Å². The third-order valence-corrected chi connectivity index (χ3v) is 4.66. The Morgan fingerprint density at radius 1 is 1.22 bits per heavy atom. The molecule has 0 saturated heterocycles. The van der Waals surface area contributed by atoms with Crippen molar-refractivity contribution in [1.29, 1.82) is 0 Å². The summed E-state index contributed by atoms with van der Waals surface area (Å²) in [5.74, 6) is 0.184. The highest BCUT2D eigenvalue weighted by Gasteiger charge is 2.34. The number of carbonyl (C=O) groups is 1. The van der Waals surface area contributed by atoms with E-state index in [1.807, 2.05) is 30.5 Å². The van der Waals surface area contributed by atoms with Crippen molar-refractivity contribution in [1.82, 2.24) is 0 Å². The van der Waals surface area contributed by atoms with E-state index in [-0.39, 0.29) is 11.3 Å². The first kappa shape index (κ1) is 13.5. The molecule has 1 aliphatic carbocycles. The number of anilines is 1. The van der Waals surface area contributed by atoms with E-state index in [0.29, 0.717) is 0 Å². The minimum absolute atomic E-state index is 0.177. The SMILES string of the molecule is CSc1ccccc1NC(=O)C1(C)CCCCC1. The summed E-state index contributed by atoms with van der Waals surface area (Å²) in [7, 11) is 0. The van der Waals surface area contributed by atoms with Gasteiger partial charge in [-0.15, -0.1) is 11.8 Å². The smallest absolute Gasteiger partial charge is 0.230 e. The van der Waals surface area contributed by atoms with Crippen LogP contribution < -0.4 is 5.32 Å². The van der Waals surface area contributed by atoms with Crippen molar-refractivity contribution in [2.45, 2.75) is 43.9 Å². The molecule has 0 aliphatic heterocycles. The summed E-state index contributed by atoms with van der Waals surface area (Å²) in [5.41, 5.74) is 0.769. The second-order valence-corrected chi connectivity index (χ2v) is 6.12. The van der Waals surface area contributed by atoms with Gasteiger partial charge >= 0.3 is 0 Å². The molecule has 0 radical (unpaired) electrons. The van der Waals surface area contributed by atoms with Gasteiger partial charge in [-0.05, 0) is 31.2 Å². The molecule has 2 nitrogen and oxygen atoms in total. The molecule has 1 amide bonds. The van der Waals surface area contributed by atoms with Gasteiger partial charge in [0.15, 0.2) is 0 Å². The van der Waals surface area contributed by atoms with Gasteiger partial charge in [0.05, 0.1) is 5.69 Å². The van der Waals surface area contributed by atoms with Crippen molar-refractivity contribution in [3.05, 3.63) is 24.3 Å². The molecule has 1 aromatic carbocycles. The lowest BCUT2D eigenvalue weighted by molar-refractivity contribution is -0.126. The van der Waals surface area contributed by atoms with E-state index in [9.17, 15) is 4.79 Å². The van der Waals surface area contributed by atoms with Crippen molar-refractivity contribution in [2.75, 3.05) is 11.6 Å². The number of para-hydroxylation sites is 1. The van der Waals surface area contributed by atoms with Crippen molar-refractivity contribution >= 4 is 23.4 Å². The highest BCUT2D eigenvalue weighted by molar-refractivity contribution is 7.98. The second kappa shape index (κ2) is 5.79. The van der Waals surface area contributed by atoms with Gasteiger partial charge in [0.2, 0.25) is 5.91 Å². The van der Waals surface area contributed by atoms with Gasteiger partial charge in [0, 0.05) is 10.3 Å². The summed E-state index contributed by atoms with van der Waals surface area (Å²) >= 11 is 1.67. The second-order valence-electron chi connectivity index (χ2n) is 5.28. The van der Waals surface area contributed by atoms with E-state index in [2.05, 4.69) is 12.2 Å². The van der Waals surface area contributed by atoms with Crippen LogP contribution in [0.2, 0.25) is 0 Å². The van der Waals surface area contributed by atoms with Crippen molar-refractivity contribution in [3.8, 4) is 0 Å². The fourth-order valence-electron chi connectivity index (χ4n) is 2.58. The molecule has 0 aromatic heterocycles. The van der Waals surface area contributed by atoms with Gasteiger partial charge in [-0.3, -0.25) is 4.79 Å². The number of carbonyl (C=O) groups excluding carboxylic acids is 1. The molecule has 98 valence electrons. The fourth-order valence-corrected chi connectivity index (χ4v) is 3.13. The third-order valence-electron chi connectivity index (χ3n) is 3.86. The van der Waals surface area contributed by atoms with E-state index in [1.165, 1.54) is 19.3 Å². The summed E-state index contributed by atoms with van der Waals surface area (Å²) in [6.07, 6.45) is 7.68. The fraction of sp³-hybridized carbons (Fsp3) is 0.533. The number of amides is 1. The standard InChI is InChI=1S/C15H21NOS/c1-15(10-6-3-7-11-15)14(17)16-12-8-4-5-9-13(12)18-2/h4-5,8-9H,3,6-7,10-11H2,1-2H3,(H,16,17). The zero-order chi connectivity index (χ0) is 13.0. The van der Waals surface area contributed by atoms with Gasteiger partial charge in [-0.2, -0.15) is 0 Å². The van der Waals surface area contributed by atoms with Crippen LogP contribution in [0.3, 0.4) is 0 Å². The Bertz CT molecular complexity index is 424. The van der Waals surface area contributed by atoms with Crippen molar-refractivity contribution in [2.24, 2.45) is 5.41 Å². The molecule has 1 N–H and O–H groups in total. The Morgan fingerprint density at radius 3 is 2.56 bits per heavy atom. The quantitative estimate of drug-likeness (QED) is 0.823. The van der Waals surface area contributed by atoms with Crippen molar-refractivity contribution < 1.29 is 4.79 Å². The Kier molecular flexibility index (Phi) is 4.33. The molecular weight excluding hydrogens is 242 g/mol. The van der Waals surface area contributed by atoms with Crippen molar-refractivity contribution in [3.63, 3.8) is 0 Å². The molecule has 2 rings (SSSR count). The normalized spacial score (nSPS) is 18.3. The maximum Gasteiger partial charge on any atom is 0.230 e. The lowest BCUT2D eigenvalue weighted by atomic mass is 9.75. The highest BCUT2D eigenvalue weighted by atomic mass is 32.2. The largest absolute Gasteiger partial charge is 0.325 e. The van der Waals surface area contributed by atoms with Crippen LogP contribution in [0, 0.1) is 5.41 Å². The average Bonchev–Trinajstić information content (AvgIpc) is 2.40. The van der Waals surface area contributed by atoms with Gasteiger partial charge in [0.25, 0.3) is 0 Å². The average molecular weight is 263 g/mol. The molecular formula is C15H21NOS. The molecule has 0 unspecified atom stereocenters. The van der Waals surface area contributed by atoms with Crippen LogP contribution in [0.5, 0.6) is 0 Å². The zero-order valence-electron chi connectivity index (χ0n) is 11.2. The lowest BCUT2D eigenvalue weighted by Gasteiger charge is -2.32. The minimum atomic E-state index is -0.177. The first-order valence-electron chi connectivity index (χ1n) is 6.60. The maximum absolute atomic E-state index is 12.4. The van der Waals surface area contributed by atoms with Crippen LogP contribution in [0.4, 0.5) is 5.69 Å². The summed E-state index contributed by atoms with van der Waals surface area (Å²) in [4.78, 5) is 13.6. The first-order chi connectivity index (χ1) is 8.65. The predicted molar refractivity (Wildman–Crippen MR) is 78.0 cm³/mol. The number of hydrogen-bond donors (Lipinski definition) is 1. The summed E-state index contributed by atoms with van der Waals surface area (Å²) in [6.45, 7) is 2.10. The minimum Gasteiger partial charge on any atom is -0.325 e. The Balaban J connectivity index is 2.10. The summed E-state index contributed by atoms with van der Waals surface area (Å²) in [5, 5.41) is 3.11. The molecule has 1 saturated carbocycles. The maximum atomic E-state index is 12.4. The first-order valence-corrected chi connectivity index (χ1v) is 7.83. The van der Waals surface area contributed by atoms with E-state index in [1.54, 1.807) is 11.8 Å². The number of nitrogens with one attached hydrogen (secondary N) is 1. The van der Waals surface area contributed by atoms with Crippen LogP contribution >= 0.6 is 11.8 Å².